The van der Waals surface area contributed by atoms with Crippen LogP contribution in [0.3, 0.4) is 0 Å². The lowest BCUT2D eigenvalue weighted by Gasteiger charge is -2.19. The summed E-state index contributed by atoms with van der Waals surface area (Å²) in [6.07, 6.45) is 3.18. The molecular weight excluding hydrogens is 264 g/mol. The van der Waals surface area contributed by atoms with Crippen molar-refractivity contribution in [3.63, 3.8) is 0 Å². The van der Waals surface area contributed by atoms with Crippen LogP contribution in [0.1, 0.15) is 25.3 Å². The van der Waals surface area contributed by atoms with Crippen molar-refractivity contribution in [2.45, 2.75) is 32.2 Å². The van der Waals surface area contributed by atoms with Crippen LogP contribution in [0.2, 0.25) is 0 Å². The second-order valence-electron chi connectivity index (χ2n) is 6.21. The SMILES string of the molecule is CCc1ccccc1OCC(=O)N1CC2CCC(N)C2C1. The molecule has 1 heterocycles. The predicted molar refractivity (Wildman–Crippen MR) is 82.1 cm³/mol. The van der Waals surface area contributed by atoms with Crippen LogP contribution in [-0.4, -0.2) is 36.5 Å². The lowest BCUT2D eigenvalue weighted by molar-refractivity contribution is -0.132. The molecule has 1 aromatic carbocycles. The molecule has 1 amide bonds. The molecule has 0 radical (unpaired) electrons. The van der Waals surface area contributed by atoms with Gasteiger partial charge < -0.3 is 15.4 Å². The van der Waals surface area contributed by atoms with E-state index in [1.807, 2.05) is 29.2 Å². The molecule has 0 aromatic heterocycles. The van der Waals surface area contributed by atoms with Crippen LogP contribution in [-0.2, 0) is 11.2 Å². The third-order valence-corrected chi connectivity index (χ3v) is 4.97. The number of rotatable bonds is 4. The van der Waals surface area contributed by atoms with Gasteiger partial charge in [-0.15, -0.1) is 0 Å². The van der Waals surface area contributed by atoms with E-state index in [0.29, 0.717) is 11.8 Å². The van der Waals surface area contributed by atoms with Crippen LogP contribution >= 0.6 is 0 Å². The molecule has 4 nitrogen and oxygen atoms in total. The second kappa shape index (κ2) is 6.06. The monoisotopic (exact) mass is 288 g/mol. The van der Waals surface area contributed by atoms with Crippen LogP contribution in [0.15, 0.2) is 24.3 Å². The van der Waals surface area contributed by atoms with Crippen LogP contribution in [0.25, 0.3) is 0 Å². The van der Waals surface area contributed by atoms with Gasteiger partial charge in [-0.3, -0.25) is 4.79 Å². The molecule has 1 saturated heterocycles. The van der Waals surface area contributed by atoms with Crippen LogP contribution in [0.4, 0.5) is 0 Å². The number of carbonyl (C=O) groups excluding carboxylic acids is 1. The van der Waals surface area contributed by atoms with Gasteiger partial charge in [0.15, 0.2) is 6.61 Å². The topological polar surface area (TPSA) is 55.6 Å². The Labute approximate surface area is 126 Å². The summed E-state index contributed by atoms with van der Waals surface area (Å²) in [7, 11) is 0. The molecule has 4 heteroatoms. The van der Waals surface area contributed by atoms with E-state index in [4.69, 9.17) is 10.5 Å². The highest BCUT2D eigenvalue weighted by molar-refractivity contribution is 5.78. The van der Waals surface area contributed by atoms with E-state index in [1.165, 1.54) is 0 Å². The van der Waals surface area contributed by atoms with Crippen LogP contribution in [0.5, 0.6) is 5.75 Å². The first kappa shape index (κ1) is 14.4. The molecule has 3 rings (SSSR count). The Balaban J connectivity index is 1.55. The molecule has 0 spiro atoms. The van der Waals surface area contributed by atoms with Crippen molar-refractivity contribution in [3.05, 3.63) is 29.8 Å². The summed E-state index contributed by atoms with van der Waals surface area (Å²) < 4.78 is 5.73. The van der Waals surface area contributed by atoms with Gasteiger partial charge in [-0.25, -0.2) is 0 Å². The molecule has 3 unspecified atom stereocenters. The number of fused-ring (bicyclic) bond motifs is 1. The number of nitrogens with zero attached hydrogens (tertiary/aromatic N) is 1. The third kappa shape index (κ3) is 2.91. The van der Waals surface area contributed by atoms with Gasteiger partial charge in [0.2, 0.25) is 0 Å². The number of para-hydroxylation sites is 1. The maximum absolute atomic E-state index is 12.3. The van der Waals surface area contributed by atoms with Gasteiger partial charge in [-0.05, 0) is 42.7 Å². The van der Waals surface area contributed by atoms with E-state index in [9.17, 15) is 4.79 Å². The number of likely N-dealkylation sites (tertiary alicyclic amines) is 1. The number of benzene rings is 1. The van der Waals surface area contributed by atoms with Crippen molar-refractivity contribution < 1.29 is 9.53 Å². The van der Waals surface area contributed by atoms with Gasteiger partial charge in [0.1, 0.15) is 5.75 Å². The molecule has 1 aliphatic carbocycles. The minimum absolute atomic E-state index is 0.0857. The molecule has 2 aliphatic rings. The van der Waals surface area contributed by atoms with E-state index >= 15 is 0 Å². The third-order valence-electron chi connectivity index (χ3n) is 4.97. The smallest absolute Gasteiger partial charge is 0.260 e. The molecule has 1 saturated carbocycles. The highest BCUT2D eigenvalue weighted by Gasteiger charge is 2.42. The van der Waals surface area contributed by atoms with E-state index in [-0.39, 0.29) is 18.6 Å². The zero-order valence-corrected chi connectivity index (χ0v) is 12.6. The van der Waals surface area contributed by atoms with Crippen molar-refractivity contribution in [2.24, 2.45) is 17.6 Å². The first-order valence-electron chi connectivity index (χ1n) is 7.93. The molecule has 21 heavy (non-hydrogen) atoms. The lowest BCUT2D eigenvalue weighted by Crippen LogP contribution is -2.36. The zero-order chi connectivity index (χ0) is 14.8. The largest absolute Gasteiger partial charge is 0.483 e. The number of carbonyl (C=O) groups is 1. The maximum atomic E-state index is 12.3. The minimum Gasteiger partial charge on any atom is -0.483 e. The van der Waals surface area contributed by atoms with E-state index in [1.54, 1.807) is 0 Å². The number of hydrogen-bond acceptors (Lipinski definition) is 3. The van der Waals surface area contributed by atoms with Gasteiger partial charge in [-0.2, -0.15) is 0 Å². The molecule has 2 fully saturated rings. The summed E-state index contributed by atoms with van der Waals surface area (Å²) in [6.45, 7) is 3.89. The summed E-state index contributed by atoms with van der Waals surface area (Å²) in [5.41, 5.74) is 7.26. The summed E-state index contributed by atoms with van der Waals surface area (Å²) in [5, 5.41) is 0. The lowest BCUT2D eigenvalue weighted by atomic mass is 9.98. The molecule has 0 bridgehead atoms. The highest BCUT2D eigenvalue weighted by atomic mass is 16.5. The van der Waals surface area contributed by atoms with Gasteiger partial charge in [-0.1, -0.05) is 25.1 Å². The fourth-order valence-electron chi connectivity index (χ4n) is 3.68. The van der Waals surface area contributed by atoms with Gasteiger partial charge >= 0.3 is 0 Å². The van der Waals surface area contributed by atoms with E-state index in [0.717, 1.165) is 43.7 Å². The quantitative estimate of drug-likeness (QED) is 0.919. The number of hydrogen-bond donors (Lipinski definition) is 1. The highest BCUT2D eigenvalue weighted by Crippen LogP contribution is 2.37. The number of ether oxygens (including phenoxy) is 1. The number of aryl methyl sites for hydroxylation is 1. The van der Waals surface area contributed by atoms with Gasteiger partial charge in [0.05, 0.1) is 0 Å². The number of nitrogens with two attached hydrogens (primary N) is 1. The zero-order valence-electron chi connectivity index (χ0n) is 12.6. The Kier molecular flexibility index (Phi) is 4.15. The fourth-order valence-corrected chi connectivity index (χ4v) is 3.68. The van der Waals surface area contributed by atoms with Crippen molar-refractivity contribution in [1.29, 1.82) is 0 Å². The predicted octanol–water partition coefficient (Wildman–Crippen LogP) is 1.82. The molecule has 2 N–H and O–H groups in total. The first-order chi connectivity index (χ1) is 10.2. The molecule has 1 aromatic rings. The summed E-state index contributed by atoms with van der Waals surface area (Å²) in [5.74, 6) is 2.01. The Morgan fingerprint density at radius 2 is 2.14 bits per heavy atom. The summed E-state index contributed by atoms with van der Waals surface area (Å²) >= 11 is 0. The first-order valence-corrected chi connectivity index (χ1v) is 7.93. The van der Waals surface area contributed by atoms with Crippen molar-refractivity contribution in [3.8, 4) is 5.75 Å². The standard InChI is InChI=1S/C17H24N2O2/c1-2-12-5-3-4-6-16(12)21-11-17(20)19-9-13-7-8-15(18)14(13)10-19/h3-6,13-15H,2,7-11,18H2,1H3. The van der Waals surface area contributed by atoms with E-state index < -0.39 is 0 Å². The molecule has 114 valence electrons. The van der Waals surface area contributed by atoms with Gasteiger partial charge in [0.25, 0.3) is 5.91 Å². The Hall–Kier alpha value is -1.55. The summed E-state index contributed by atoms with van der Waals surface area (Å²) in [4.78, 5) is 14.2. The maximum Gasteiger partial charge on any atom is 0.260 e. The number of amides is 1. The van der Waals surface area contributed by atoms with Crippen molar-refractivity contribution >= 4 is 5.91 Å². The second-order valence-corrected chi connectivity index (χ2v) is 6.21. The Bertz CT molecular complexity index is 517. The fraction of sp³-hybridized carbons (Fsp3) is 0.588. The van der Waals surface area contributed by atoms with Gasteiger partial charge in [0, 0.05) is 19.1 Å². The Morgan fingerprint density at radius 3 is 2.90 bits per heavy atom. The van der Waals surface area contributed by atoms with Crippen molar-refractivity contribution in [2.75, 3.05) is 19.7 Å². The van der Waals surface area contributed by atoms with Crippen molar-refractivity contribution in [1.82, 2.24) is 4.90 Å². The molecular formula is C17H24N2O2. The van der Waals surface area contributed by atoms with E-state index in [2.05, 4.69) is 6.92 Å². The average Bonchev–Trinajstić information content (AvgIpc) is 3.07. The molecule has 3 atom stereocenters. The minimum atomic E-state index is 0.0857. The van der Waals surface area contributed by atoms with Crippen LogP contribution < -0.4 is 10.5 Å². The average molecular weight is 288 g/mol. The Morgan fingerprint density at radius 1 is 1.33 bits per heavy atom. The molecule has 1 aliphatic heterocycles. The normalized spacial score (nSPS) is 27.7. The summed E-state index contributed by atoms with van der Waals surface area (Å²) in [6, 6.07) is 8.18. The van der Waals surface area contributed by atoms with Crippen LogP contribution in [0, 0.1) is 11.8 Å².